The number of anilines is 1. The number of hydrogen-bond donors (Lipinski definition) is 2. The summed E-state index contributed by atoms with van der Waals surface area (Å²) in [5.74, 6) is 0.556. The van der Waals surface area contributed by atoms with Gasteiger partial charge in [-0.25, -0.2) is 15.0 Å². The molecule has 5 rings (SSSR count). The van der Waals surface area contributed by atoms with E-state index in [4.69, 9.17) is 4.98 Å². The standard InChI is InChI=1S/C22H20N6O/c1-22(2)27-21(29)16-8-9-17(18-10-15-11-23-13-24-19(15)25-18)26-20(16)28(22)12-14-6-4-3-5-7-14/h3-11,13H,12H2,1-2H3,(H,27,29)(H,23,24,25). The number of H-pyrrole nitrogens is 1. The first-order valence-electron chi connectivity index (χ1n) is 9.45. The van der Waals surface area contributed by atoms with Crippen LogP contribution in [0.5, 0.6) is 0 Å². The van der Waals surface area contributed by atoms with E-state index in [1.165, 1.54) is 6.33 Å². The van der Waals surface area contributed by atoms with Crippen LogP contribution < -0.4 is 10.2 Å². The monoisotopic (exact) mass is 384 g/mol. The number of fused-ring (bicyclic) bond motifs is 2. The zero-order chi connectivity index (χ0) is 20.0. The van der Waals surface area contributed by atoms with Gasteiger partial charge in [-0.3, -0.25) is 4.79 Å². The van der Waals surface area contributed by atoms with E-state index in [-0.39, 0.29) is 5.91 Å². The lowest BCUT2D eigenvalue weighted by Crippen LogP contribution is -2.60. The number of nitrogens with zero attached hydrogens (tertiary/aromatic N) is 4. The van der Waals surface area contributed by atoms with Gasteiger partial charge in [0.15, 0.2) is 0 Å². The summed E-state index contributed by atoms with van der Waals surface area (Å²) in [5, 5.41) is 4.00. The maximum atomic E-state index is 12.7. The predicted octanol–water partition coefficient (Wildman–Crippen LogP) is 3.51. The fraction of sp³-hybridized carbons (Fsp3) is 0.182. The third kappa shape index (κ3) is 3.00. The molecule has 4 heterocycles. The fourth-order valence-corrected chi connectivity index (χ4v) is 3.70. The van der Waals surface area contributed by atoms with E-state index < -0.39 is 5.66 Å². The number of rotatable bonds is 3. The van der Waals surface area contributed by atoms with Crippen LogP contribution in [0.2, 0.25) is 0 Å². The number of amides is 1. The van der Waals surface area contributed by atoms with Gasteiger partial charge in [-0.2, -0.15) is 0 Å². The Hall–Kier alpha value is -3.74. The van der Waals surface area contributed by atoms with Crippen LogP contribution in [0.1, 0.15) is 29.8 Å². The van der Waals surface area contributed by atoms with Crippen molar-refractivity contribution >= 4 is 22.8 Å². The SMILES string of the molecule is CC1(C)NC(=O)c2ccc(-c3cc4cncnc4[nH]3)nc2N1Cc1ccccc1. The number of carbonyl (C=O) groups is 1. The van der Waals surface area contributed by atoms with Crippen molar-refractivity contribution in [3.05, 3.63) is 72.2 Å². The van der Waals surface area contributed by atoms with Gasteiger partial charge in [-0.05, 0) is 37.6 Å². The lowest BCUT2D eigenvalue weighted by Gasteiger charge is -2.44. The summed E-state index contributed by atoms with van der Waals surface area (Å²) in [6.07, 6.45) is 3.27. The van der Waals surface area contributed by atoms with Gasteiger partial charge in [0.1, 0.15) is 23.5 Å². The molecule has 0 fully saturated rings. The van der Waals surface area contributed by atoms with Crippen LogP contribution in [0.25, 0.3) is 22.4 Å². The molecule has 0 bridgehead atoms. The molecular weight excluding hydrogens is 364 g/mol. The largest absolute Gasteiger partial charge is 0.338 e. The summed E-state index contributed by atoms with van der Waals surface area (Å²) in [5.41, 5.74) is 3.50. The zero-order valence-corrected chi connectivity index (χ0v) is 16.2. The average molecular weight is 384 g/mol. The smallest absolute Gasteiger partial charge is 0.256 e. The second-order valence-electron chi connectivity index (χ2n) is 7.66. The van der Waals surface area contributed by atoms with Crippen LogP contribution >= 0.6 is 0 Å². The number of aromatic nitrogens is 4. The van der Waals surface area contributed by atoms with E-state index in [0.29, 0.717) is 17.9 Å². The molecule has 7 heteroatoms. The summed E-state index contributed by atoms with van der Waals surface area (Å²) < 4.78 is 0. The number of pyridine rings is 1. The molecule has 1 aliphatic heterocycles. The molecule has 1 aromatic carbocycles. The summed E-state index contributed by atoms with van der Waals surface area (Å²) in [4.78, 5) is 31.3. The van der Waals surface area contributed by atoms with Crippen molar-refractivity contribution in [1.29, 1.82) is 0 Å². The van der Waals surface area contributed by atoms with E-state index in [2.05, 4.69) is 37.3 Å². The number of hydrogen-bond acceptors (Lipinski definition) is 5. The highest BCUT2D eigenvalue weighted by Gasteiger charge is 2.37. The Bertz CT molecular complexity index is 1180. The Balaban J connectivity index is 1.62. The number of benzene rings is 1. The molecule has 0 atom stereocenters. The van der Waals surface area contributed by atoms with Crippen molar-refractivity contribution in [2.45, 2.75) is 26.1 Å². The lowest BCUT2D eigenvalue weighted by molar-refractivity contribution is 0.0895. The minimum atomic E-state index is -0.572. The van der Waals surface area contributed by atoms with Gasteiger partial charge in [0.2, 0.25) is 0 Å². The minimum Gasteiger partial charge on any atom is -0.338 e. The highest BCUT2D eigenvalue weighted by molar-refractivity contribution is 6.02. The highest BCUT2D eigenvalue weighted by atomic mass is 16.2. The molecular formula is C22H20N6O. The molecule has 0 radical (unpaired) electrons. The van der Waals surface area contributed by atoms with E-state index in [1.54, 1.807) is 6.20 Å². The summed E-state index contributed by atoms with van der Waals surface area (Å²) in [6.45, 7) is 4.61. The molecule has 0 unspecified atom stereocenters. The normalized spacial score (nSPS) is 15.2. The molecule has 0 saturated carbocycles. The third-order valence-electron chi connectivity index (χ3n) is 5.22. The first kappa shape index (κ1) is 17.4. The summed E-state index contributed by atoms with van der Waals surface area (Å²) in [6, 6.07) is 15.8. The quantitative estimate of drug-likeness (QED) is 0.564. The molecule has 0 spiro atoms. The summed E-state index contributed by atoms with van der Waals surface area (Å²) in [7, 11) is 0. The van der Waals surface area contributed by atoms with Crippen LogP contribution in [0.15, 0.2) is 61.1 Å². The van der Waals surface area contributed by atoms with Crippen molar-refractivity contribution in [2.24, 2.45) is 0 Å². The second kappa shape index (κ2) is 6.41. The molecule has 7 nitrogen and oxygen atoms in total. The minimum absolute atomic E-state index is 0.115. The van der Waals surface area contributed by atoms with Crippen molar-refractivity contribution in [2.75, 3.05) is 4.90 Å². The average Bonchev–Trinajstić information content (AvgIpc) is 3.15. The highest BCUT2D eigenvalue weighted by Crippen LogP contribution is 2.33. The second-order valence-corrected chi connectivity index (χ2v) is 7.66. The molecule has 29 heavy (non-hydrogen) atoms. The first-order valence-corrected chi connectivity index (χ1v) is 9.45. The van der Waals surface area contributed by atoms with E-state index in [1.807, 2.05) is 50.2 Å². The Morgan fingerprint density at radius 1 is 1.10 bits per heavy atom. The topological polar surface area (TPSA) is 86.8 Å². The van der Waals surface area contributed by atoms with E-state index in [0.717, 1.165) is 28.0 Å². The first-order chi connectivity index (χ1) is 14.0. The molecule has 1 amide bonds. The van der Waals surface area contributed by atoms with Gasteiger partial charge in [0.25, 0.3) is 5.91 Å². The van der Waals surface area contributed by atoms with Crippen LogP contribution in [-0.4, -0.2) is 31.5 Å². The molecule has 3 aromatic heterocycles. The Morgan fingerprint density at radius 2 is 1.93 bits per heavy atom. The van der Waals surface area contributed by atoms with E-state index >= 15 is 0 Å². The molecule has 2 N–H and O–H groups in total. The summed E-state index contributed by atoms with van der Waals surface area (Å²) >= 11 is 0. The van der Waals surface area contributed by atoms with Crippen molar-refractivity contribution in [3.63, 3.8) is 0 Å². The van der Waals surface area contributed by atoms with Crippen molar-refractivity contribution in [3.8, 4) is 11.4 Å². The zero-order valence-electron chi connectivity index (χ0n) is 16.2. The van der Waals surface area contributed by atoms with Crippen LogP contribution in [0, 0.1) is 0 Å². The van der Waals surface area contributed by atoms with Gasteiger partial charge in [-0.15, -0.1) is 0 Å². The van der Waals surface area contributed by atoms with E-state index in [9.17, 15) is 4.79 Å². The molecule has 0 saturated heterocycles. The maximum absolute atomic E-state index is 12.7. The lowest BCUT2D eigenvalue weighted by atomic mass is 10.0. The van der Waals surface area contributed by atoms with Crippen molar-refractivity contribution in [1.82, 2.24) is 25.3 Å². The molecule has 1 aliphatic rings. The van der Waals surface area contributed by atoms with Gasteiger partial charge in [-0.1, -0.05) is 30.3 Å². The molecule has 0 aliphatic carbocycles. The van der Waals surface area contributed by atoms with Crippen molar-refractivity contribution < 1.29 is 4.79 Å². The predicted molar refractivity (Wildman–Crippen MR) is 111 cm³/mol. The molecule has 144 valence electrons. The number of nitrogens with one attached hydrogen (secondary N) is 2. The van der Waals surface area contributed by atoms with Gasteiger partial charge >= 0.3 is 0 Å². The van der Waals surface area contributed by atoms with Crippen LogP contribution in [0.3, 0.4) is 0 Å². The fourth-order valence-electron chi connectivity index (χ4n) is 3.70. The third-order valence-corrected chi connectivity index (χ3v) is 5.22. The van der Waals surface area contributed by atoms with Crippen LogP contribution in [-0.2, 0) is 6.54 Å². The Kier molecular flexibility index (Phi) is 3.84. The Morgan fingerprint density at radius 3 is 2.72 bits per heavy atom. The number of aromatic amines is 1. The Labute approximate surface area is 167 Å². The van der Waals surface area contributed by atoms with Crippen LogP contribution in [0.4, 0.5) is 5.82 Å². The van der Waals surface area contributed by atoms with Gasteiger partial charge in [0, 0.05) is 18.1 Å². The van der Waals surface area contributed by atoms with Gasteiger partial charge in [0.05, 0.1) is 17.0 Å². The molecule has 4 aromatic rings. The van der Waals surface area contributed by atoms with Gasteiger partial charge < -0.3 is 15.2 Å². The maximum Gasteiger partial charge on any atom is 0.256 e. The number of carbonyl (C=O) groups excluding carboxylic acids is 1.